The second-order valence-corrected chi connectivity index (χ2v) is 6.99. The summed E-state index contributed by atoms with van der Waals surface area (Å²) in [6.07, 6.45) is 5.30. The highest BCUT2D eigenvalue weighted by atomic mass is 79.9. The van der Waals surface area contributed by atoms with Gasteiger partial charge in [-0.25, -0.2) is 0 Å². The molecule has 1 saturated carbocycles. The summed E-state index contributed by atoms with van der Waals surface area (Å²) in [6, 6.07) is 3.22. The van der Waals surface area contributed by atoms with Crippen molar-refractivity contribution in [1.29, 1.82) is 0 Å². The molecule has 1 fully saturated rings. The molecular weight excluding hydrogens is 374 g/mol. The number of aliphatic carboxylic acids is 1. The first-order valence-corrected chi connectivity index (χ1v) is 8.46. The predicted molar refractivity (Wildman–Crippen MR) is 87.6 cm³/mol. The van der Waals surface area contributed by atoms with Gasteiger partial charge in [0.25, 0.3) is 5.69 Å². The van der Waals surface area contributed by atoms with Crippen molar-refractivity contribution in [3.63, 3.8) is 0 Å². The number of hydrogen-bond donors (Lipinski definition) is 1. The normalized spacial score (nSPS) is 17.2. The first-order chi connectivity index (χ1) is 10.4. The van der Waals surface area contributed by atoms with E-state index < -0.39 is 11.3 Å². The van der Waals surface area contributed by atoms with Gasteiger partial charge < -0.3 is 5.11 Å². The van der Waals surface area contributed by atoms with E-state index in [1.807, 2.05) is 0 Å². The van der Waals surface area contributed by atoms with Gasteiger partial charge in [-0.15, -0.1) is 11.6 Å². The summed E-state index contributed by atoms with van der Waals surface area (Å²) < 4.78 is 0.679. The Hall–Kier alpha value is -1.14. The van der Waals surface area contributed by atoms with Crippen LogP contribution in [0, 0.1) is 10.1 Å². The summed E-state index contributed by atoms with van der Waals surface area (Å²) in [4.78, 5) is 21.9. The number of benzene rings is 1. The molecule has 0 heterocycles. The van der Waals surface area contributed by atoms with Gasteiger partial charge in [-0.05, 0) is 36.8 Å². The highest BCUT2D eigenvalue weighted by Crippen LogP contribution is 2.42. The maximum atomic E-state index is 11.4. The molecule has 1 unspecified atom stereocenters. The number of hydrogen-bond acceptors (Lipinski definition) is 3. The van der Waals surface area contributed by atoms with Gasteiger partial charge in [0, 0.05) is 16.1 Å². The standard InChI is InChI=1S/C15H17BrClNO4/c16-11-6-9(7-12(17)15(19)20)8-13(18(21)22)14(11)10-4-2-1-3-5-10/h6,8,10,12H,1-5,7H2,(H,19,20). The number of nitrogens with zero attached hydrogens (tertiary/aromatic N) is 1. The van der Waals surface area contributed by atoms with Crippen LogP contribution in [0.2, 0.25) is 0 Å². The van der Waals surface area contributed by atoms with Crippen molar-refractivity contribution in [1.82, 2.24) is 0 Å². The minimum absolute atomic E-state index is 0.0568. The summed E-state index contributed by atoms with van der Waals surface area (Å²) in [5, 5.41) is 19.2. The Morgan fingerprint density at radius 3 is 2.59 bits per heavy atom. The molecule has 0 aliphatic heterocycles. The number of carboxylic acid groups (broad SMARTS) is 1. The summed E-state index contributed by atoms with van der Waals surface area (Å²) in [7, 11) is 0. The zero-order chi connectivity index (χ0) is 16.3. The molecule has 1 aromatic carbocycles. The Labute approximate surface area is 141 Å². The van der Waals surface area contributed by atoms with E-state index in [4.69, 9.17) is 16.7 Å². The first kappa shape index (κ1) is 17.2. The molecule has 7 heteroatoms. The van der Waals surface area contributed by atoms with Gasteiger partial charge in [0.15, 0.2) is 0 Å². The lowest BCUT2D eigenvalue weighted by molar-refractivity contribution is -0.385. The molecule has 5 nitrogen and oxygen atoms in total. The van der Waals surface area contributed by atoms with E-state index in [2.05, 4.69) is 15.9 Å². The van der Waals surface area contributed by atoms with Crippen LogP contribution < -0.4 is 0 Å². The zero-order valence-corrected chi connectivity index (χ0v) is 14.3. The molecule has 120 valence electrons. The molecule has 22 heavy (non-hydrogen) atoms. The molecule has 0 amide bonds. The van der Waals surface area contributed by atoms with Gasteiger partial charge in [-0.2, -0.15) is 0 Å². The summed E-state index contributed by atoms with van der Waals surface area (Å²) >= 11 is 9.17. The fraction of sp³-hybridized carbons (Fsp3) is 0.533. The van der Waals surface area contributed by atoms with Crippen LogP contribution in [-0.2, 0) is 11.2 Å². The number of carboxylic acids is 1. The number of halogens is 2. The van der Waals surface area contributed by atoms with E-state index in [9.17, 15) is 14.9 Å². The van der Waals surface area contributed by atoms with E-state index in [0.717, 1.165) is 31.2 Å². The predicted octanol–water partition coefficient (Wildman–Crippen LogP) is 4.64. The number of nitro groups is 1. The van der Waals surface area contributed by atoms with Gasteiger partial charge in [0.05, 0.1) is 4.92 Å². The molecule has 1 N–H and O–H groups in total. The average molecular weight is 391 g/mol. The number of rotatable bonds is 5. The lowest BCUT2D eigenvalue weighted by atomic mass is 9.83. The van der Waals surface area contributed by atoms with Crippen LogP contribution in [0.4, 0.5) is 5.69 Å². The molecule has 1 aliphatic rings. The third-order valence-electron chi connectivity index (χ3n) is 4.06. The van der Waals surface area contributed by atoms with Crippen molar-refractivity contribution in [2.24, 2.45) is 0 Å². The molecule has 0 saturated heterocycles. The minimum atomic E-state index is -1.13. The number of nitro benzene ring substituents is 1. The van der Waals surface area contributed by atoms with Gasteiger partial charge in [0.2, 0.25) is 0 Å². The van der Waals surface area contributed by atoms with Crippen molar-refractivity contribution in [2.45, 2.75) is 49.8 Å². The maximum absolute atomic E-state index is 11.4. The van der Waals surface area contributed by atoms with Crippen molar-refractivity contribution >= 4 is 39.2 Å². The Bertz CT molecular complexity index is 587. The van der Waals surface area contributed by atoms with Gasteiger partial charge in [-0.3, -0.25) is 14.9 Å². The van der Waals surface area contributed by atoms with E-state index >= 15 is 0 Å². The molecule has 0 spiro atoms. The molecule has 1 aromatic rings. The highest BCUT2D eigenvalue weighted by molar-refractivity contribution is 9.10. The molecule has 0 radical (unpaired) electrons. The third-order valence-corrected chi connectivity index (χ3v) is 5.06. The van der Waals surface area contributed by atoms with Crippen LogP contribution in [0.25, 0.3) is 0 Å². The smallest absolute Gasteiger partial charge is 0.321 e. The van der Waals surface area contributed by atoms with Crippen LogP contribution in [0.3, 0.4) is 0 Å². The molecule has 2 rings (SSSR count). The van der Waals surface area contributed by atoms with Crippen LogP contribution in [-0.4, -0.2) is 21.4 Å². The minimum Gasteiger partial charge on any atom is -0.480 e. The molecule has 1 aliphatic carbocycles. The van der Waals surface area contributed by atoms with Crippen LogP contribution in [0.5, 0.6) is 0 Å². The number of carbonyl (C=O) groups is 1. The van der Waals surface area contributed by atoms with Gasteiger partial charge >= 0.3 is 5.97 Å². The van der Waals surface area contributed by atoms with E-state index in [1.54, 1.807) is 6.07 Å². The Morgan fingerprint density at radius 2 is 2.05 bits per heavy atom. The van der Waals surface area contributed by atoms with Crippen LogP contribution in [0.1, 0.15) is 49.1 Å². The fourth-order valence-electron chi connectivity index (χ4n) is 3.02. The van der Waals surface area contributed by atoms with E-state index in [1.165, 1.54) is 12.5 Å². The lowest BCUT2D eigenvalue weighted by Gasteiger charge is -2.23. The largest absolute Gasteiger partial charge is 0.480 e. The van der Waals surface area contributed by atoms with Crippen molar-refractivity contribution in [3.8, 4) is 0 Å². The lowest BCUT2D eigenvalue weighted by Crippen LogP contribution is -2.16. The maximum Gasteiger partial charge on any atom is 0.321 e. The Morgan fingerprint density at radius 1 is 1.41 bits per heavy atom. The quantitative estimate of drug-likeness (QED) is 0.451. The summed E-state index contributed by atoms with van der Waals surface area (Å²) in [5.41, 5.74) is 1.35. The van der Waals surface area contributed by atoms with Crippen LogP contribution >= 0.6 is 27.5 Å². The third kappa shape index (κ3) is 3.98. The van der Waals surface area contributed by atoms with Gasteiger partial charge in [-0.1, -0.05) is 35.2 Å². The average Bonchev–Trinajstić information content (AvgIpc) is 2.47. The molecule has 1 atom stereocenters. The Kier molecular flexibility index (Phi) is 5.81. The zero-order valence-electron chi connectivity index (χ0n) is 11.9. The second-order valence-electron chi connectivity index (χ2n) is 5.61. The van der Waals surface area contributed by atoms with Crippen molar-refractivity contribution in [3.05, 3.63) is 37.8 Å². The second kappa shape index (κ2) is 7.42. The fourth-order valence-corrected chi connectivity index (χ4v) is 4.02. The van der Waals surface area contributed by atoms with E-state index in [0.29, 0.717) is 10.0 Å². The monoisotopic (exact) mass is 389 g/mol. The molecule has 0 bridgehead atoms. The summed E-state index contributed by atoms with van der Waals surface area (Å²) in [5.74, 6) is -0.944. The molecular formula is C15H17BrClNO4. The highest BCUT2D eigenvalue weighted by Gasteiger charge is 2.28. The van der Waals surface area contributed by atoms with Crippen molar-refractivity contribution in [2.75, 3.05) is 0 Å². The molecule has 0 aromatic heterocycles. The Balaban J connectivity index is 2.38. The van der Waals surface area contributed by atoms with E-state index in [-0.39, 0.29) is 22.9 Å². The summed E-state index contributed by atoms with van der Waals surface area (Å²) in [6.45, 7) is 0. The van der Waals surface area contributed by atoms with Gasteiger partial charge in [0.1, 0.15) is 5.38 Å². The van der Waals surface area contributed by atoms with Crippen molar-refractivity contribution < 1.29 is 14.8 Å². The number of alkyl halides is 1. The topological polar surface area (TPSA) is 80.4 Å². The SMILES string of the molecule is O=C(O)C(Cl)Cc1cc(Br)c(C2CCCCC2)c([N+](=O)[O-])c1. The first-order valence-electron chi connectivity index (χ1n) is 7.23. The van der Waals surface area contributed by atoms with Crippen LogP contribution in [0.15, 0.2) is 16.6 Å².